The lowest BCUT2D eigenvalue weighted by molar-refractivity contribution is 0.0843. The van der Waals surface area contributed by atoms with E-state index in [9.17, 15) is 4.39 Å². The maximum Gasteiger partial charge on any atom is 0.134 e. The van der Waals surface area contributed by atoms with Gasteiger partial charge >= 0.3 is 0 Å². The van der Waals surface area contributed by atoms with Crippen LogP contribution in [0, 0.1) is 5.82 Å². The molecule has 1 saturated heterocycles. The summed E-state index contributed by atoms with van der Waals surface area (Å²) in [7, 11) is 0. The first kappa shape index (κ1) is 10.7. The van der Waals surface area contributed by atoms with E-state index in [1.807, 2.05) is 0 Å². The van der Waals surface area contributed by atoms with Crippen molar-refractivity contribution in [3.8, 4) is 0 Å². The molecular weight excluding hydrogens is 221 g/mol. The number of hydrogen-bond donors (Lipinski definition) is 1. The number of ether oxygens (including phenoxy) is 1. The molecule has 4 heteroatoms. The summed E-state index contributed by atoms with van der Waals surface area (Å²) in [6, 6.07) is 5.98. The van der Waals surface area contributed by atoms with Gasteiger partial charge in [0.05, 0.1) is 12.1 Å². The molecule has 2 atom stereocenters. The fourth-order valence-electron chi connectivity index (χ4n) is 2.27. The summed E-state index contributed by atoms with van der Waals surface area (Å²) in [6.45, 7) is 0.757. The molecule has 0 saturated carbocycles. The highest BCUT2D eigenvalue weighted by molar-refractivity contribution is 5.78. The standard InChI is InChI=1S/C13H14FNO2/c14-9-3-4-10-8(6-9)7-12(17-10)13(15)11-2-1-5-16-11/h3-4,6-7,11,13H,1-2,5,15H2. The third-order valence-electron chi connectivity index (χ3n) is 3.19. The molecule has 1 fully saturated rings. The Hall–Kier alpha value is -1.39. The molecule has 1 aliphatic rings. The van der Waals surface area contributed by atoms with Crippen LogP contribution in [-0.2, 0) is 4.74 Å². The van der Waals surface area contributed by atoms with Crippen LogP contribution < -0.4 is 5.73 Å². The summed E-state index contributed by atoms with van der Waals surface area (Å²) in [5, 5.41) is 0.744. The Bertz CT molecular complexity index is 531. The van der Waals surface area contributed by atoms with E-state index in [-0.39, 0.29) is 18.0 Å². The molecule has 2 N–H and O–H groups in total. The van der Waals surface area contributed by atoms with E-state index in [1.165, 1.54) is 12.1 Å². The monoisotopic (exact) mass is 235 g/mol. The van der Waals surface area contributed by atoms with Gasteiger partial charge in [-0.05, 0) is 37.1 Å². The van der Waals surface area contributed by atoms with E-state index in [1.54, 1.807) is 12.1 Å². The Kier molecular flexibility index (Phi) is 2.61. The number of nitrogens with two attached hydrogens (primary N) is 1. The zero-order valence-corrected chi connectivity index (χ0v) is 9.36. The first-order valence-corrected chi connectivity index (χ1v) is 5.80. The van der Waals surface area contributed by atoms with Gasteiger partial charge in [-0.1, -0.05) is 0 Å². The molecule has 2 aromatic rings. The van der Waals surface area contributed by atoms with Crippen LogP contribution in [0.4, 0.5) is 4.39 Å². The molecule has 90 valence electrons. The predicted molar refractivity (Wildman–Crippen MR) is 62.1 cm³/mol. The molecule has 0 bridgehead atoms. The molecular formula is C13H14FNO2. The molecule has 2 unspecified atom stereocenters. The summed E-state index contributed by atoms with van der Waals surface area (Å²) in [4.78, 5) is 0. The molecule has 0 aliphatic carbocycles. The van der Waals surface area contributed by atoms with E-state index in [2.05, 4.69) is 0 Å². The normalized spacial score (nSPS) is 22.1. The molecule has 3 rings (SSSR count). The molecule has 1 aliphatic heterocycles. The summed E-state index contributed by atoms with van der Waals surface area (Å²) in [6.07, 6.45) is 2.00. The first-order chi connectivity index (χ1) is 8.24. The van der Waals surface area contributed by atoms with Crippen molar-refractivity contribution >= 4 is 11.0 Å². The van der Waals surface area contributed by atoms with E-state index in [0.717, 1.165) is 24.8 Å². The van der Waals surface area contributed by atoms with E-state index < -0.39 is 0 Å². The Morgan fingerprint density at radius 1 is 1.35 bits per heavy atom. The largest absolute Gasteiger partial charge is 0.459 e. The van der Waals surface area contributed by atoms with Crippen LogP contribution in [0.25, 0.3) is 11.0 Å². The van der Waals surface area contributed by atoms with Crippen LogP contribution in [0.1, 0.15) is 24.6 Å². The van der Waals surface area contributed by atoms with Gasteiger partial charge in [0.25, 0.3) is 0 Å². The third kappa shape index (κ3) is 1.94. The number of hydrogen-bond acceptors (Lipinski definition) is 3. The minimum absolute atomic E-state index is 0.0143. The summed E-state index contributed by atoms with van der Waals surface area (Å²) in [5.41, 5.74) is 6.75. The molecule has 1 aromatic heterocycles. The highest BCUT2D eigenvalue weighted by Gasteiger charge is 2.26. The SMILES string of the molecule is NC(c1cc2cc(F)ccc2o1)C1CCCO1. The van der Waals surface area contributed by atoms with Crippen molar-refractivity contribution in [2.45, 2.75) is 25.0 Å². The quantitative estimate of drug-likeness (QED) is 0.870. The van der Waals surface area contributed by atoms with Crippen LogP contribution in [0.3, 0.4) is 0 Å². The van der Waals surface area contributed by atoms with Gasteiger partial charge in [-0.2, -0.15) is 0 Å². The number of halogens is 1. The van der Waals surface area contributed by atoms with Gasteiger partial charge in [-0.25, -0.2) is 4.39 Å². The smallest absolute Gasteiger partial charge is 0.134 e. The van der Waals surface area contributed by atoms with Gasteiger partial charge in [0, 0.05) is 12.0 Å². The lowest BCUT2D eigenvalue weighted by atomic mass is 10.1. The zero-order chi connectivity index (χ0) is 11.8. The van der Waals surface area contributed by atoms with Crippen LogP contribution in [0.2, 0.25) is 0 Å². The lowest BCUT2D eigenvalue weighted by Crippen LogP contribution is -2.24. The Morgan fingerprint density at radius 2 is 2.24 bits per heavy atom. The molecule has 1 aromatic carbocycles. The first-order valence-electron chi connectivity index (χ1n) is 5.80. The second-order valence-corrected chi connectivity index (χ2v) is 4.41. The highest BCUT2D eigenvalue weighted by atomic mass is 19.1. The van der Waals surface area contributed by atoms with Crippen molar-refractivity contribution in [2.75, 3.05) is 6.61 Å². The predicted octanol–water partition coefficient (Wildman–Crippen LogP) is 2.75. The van der Waals surface area contributed by atoms with Gasteiger partial charge in [0.15, 0.2) is 0 Å². The second kappa shape index (κ2) is 4.13. The van der Waals surface area contributed by atoms with Crippen molar-refractivity contribution in [1.82, 2.24) is 0 Å². The van der Waals surface area contributed by atoms with Crippen molar-refractivity contribution in [2.24, 2.45) is 5.73 Å². The van der Waals surface area contributed by atoms with Crippen LogP contribution in [0.15, 0.2) is 28.7 Å². The molecule has 3 nitrogen and oxygen atoms in total. The van der Waals surface area contributed by atoms with Gasteiger partial charge in [-0.3, -0.25) is 0 Å². The summed E-state index contributed by atoms with van der Waals surface area (Å²) < 4.78 is 24.2. The van der Waals surface area contributed by atoms with Gasteiger partial charge in [0.2, 0.25) is 0 Å². The van der Waals surface area contributed by atoms with Gasteiger partial charge in [0.1, 0.15) is 17.2 Å². The van der Waals surface area contributed by atoms with Gasteiger partial charge < -0.3 is 14.9 Å². The minimum atomic E-state index is -0.270. The van der Waals surface area contributed by atoms with Crippen LogP contribution in [0.5, 0.6) is 0 Å². The molecule has 0 amide bonds. The van der Waals surface area contributed by atoms with E-state index >= 15 is 0 Å². The fraction of sp³-hybridized carbons (Fsp3) is 0.385. The van der Waals surface area contributed by atoms with E-state index in [4.69, 9.17) is 14.9 Å². The number of furan rings is 1. The zero-order valence-electron chi connectivity index (χ0n) is 9.36. The minimum Gasteiger partial charge on any atom is -0.459 e. The van der Waals surface area contributed by atoms with Crippen molar-refractivity contribution < 1.29 is 13.5 Å². The fourth-order valence-corrected chi connectivity index (χ4v) is 2.27. The maximum atomic E-state index is 13.1. The van der Waals surface area contributed by atoms with Crippen molar-refractivity contribution in [1.29, 1.82) is 0 Å². The average molecular weight is 235 g/mol. The highest BCUT2D eigenvalue weighted by Crippen LogP contribution is 2.29. The topological polar surface area (TPSA) is 48.4 Å². The molecule has 0 spiro atoms. The van der Waals surface area contributed by atoms with E-state index in [0.29, 0.717) is 11.3 Å². The maximum absolute atomic E-state index is 13.1. The van der Waals surface area contributed by atoms with Crippen molar-refractivity contribution in [3.05, 3.63) is 35.8 Å². The molecule has 17 heavy (non-hydrogen) atoms. The molecule has 0 radical (unpaired) electrons. The number of rotatable bonds is 2. The summed E-state index contributed by atoms with van der Waals surface area (Å²) in [5.74, 6) is 0.396. The number of benzene rings is 1. The Morgan fingerprint density at radius 3 is 3.00 bits per heavy atom. The Balaban J connectivity index is 1.94. The van der Waals surface area contributed by atoms with Crippen LogP contribution >= 0.6 is 0 Å². The van der Waals surface area contributed by atoms with Crippen molar-refractivity contribution in [3.63, 3.8) is 0 Å². The second-order valence-electron chi connectivity index (χ2n) is 4.41. The Labute approximate surface area is 98.3 Å². The average Bonchev–Trinajstić information content (AvgIpc) is 2.96. The lowest BCUT2D eigenvalue weighted by Gasteiger charge is -2.15. The number of fused-ring (bicyclic) bond motifs is 1. The summed E-state index contributed by atoms with van der Waals surface area (Å²) >= 11 is 0. The third-order valence-corrected chi connectivity index (χ3v) is 3.19. The molecule has 2 heterocycles. The van der Waals surface area contributed by atoms with Crippen LogP contribution in [-0.4, -0.2) is 12.7 Å². The van der Waals surface area contributed by atoms with Gasteiger partial charge in [-0.15, -0.1) is 0 Å².